The van der Waals surface area contributed by atoms with Crippen LogP contribution in [0.4, 0.5) is 11.5 Å². The van der Waals surface area contributed by atoms with Crippen LogP contribution in [0.3, 0.4) is 0 Å². The Balaban J connectivity index is 2.29. The molecule has 0 radical (unpaired) electrons. The molecule has 1 aromatic carbocycles. The van der Waals surface area contributed by atoms with Crippen molar-refractivity contribution in [2.75, 3.05) is 12.4 Å². The number of aromatic carboxylic acids is 1. The first-order valence-corrected chi connectivity index (χ1v) is 5.78. The SMILES string of the molecule is COc1cccc(Nc2cc(C(=O)O)cc(Cl)n2)c1. The van der Waals surface area contributed by atoms with Crippen LogP contribution in [0.5, 0.6) is 5.75 Å². The Bertz CT molecular complexity index is 617. The lowest BCUT2D eigenvalue weighted by molar-refractivity contribution is 0.0697. The second-order valence-electron chi connectivity index (χ2n) is 3.73. The van der Waals surface area contributed by atoms with Crippen molar-refractivity contribution < 1.29 is 14.6 Å². The van der Waals surface area contributed by atoms with Crippen LogP contribution in [0, 0.1) is 0 Å². The minimum absolute atomic E-state index is 0.0744. The van der Waals surface area contributed by atoms with Gasteiger partial charge in [0.15, 0.2) is 0 Å². The number of carbonyl (C=O) groups is 1. The third kappa shape index (κ3) is 3.35. The number of hydrogen-bond donors (Lipinski definition) is 2. The summed E-state index contributed by atoms with van der Waals surface area (Å²) in [6.45, 7) is 0. The molecule has 0 atom stereocenters. The summed E-state index contributed by atoms with van der Waals surface area (Å²) in [4.78, 5) is 14.9. The van der Waals surface area contributed by atoms with Crippen LogP contribution in [-0.4, -0.2) is 23.2 Å². The van der Waals surface area contributed by atoms with Gasteiger partial charge in [-0.25, -0.2) is 9.78 Å². The molecule has 0 amide bonds. The fraction of sp³-hybridized carbons (Fsp3) is 0.0769. The first-order valence-electron chi connectivity index (χ1n) is 5.40. The number of methoxy groups -OCH3 is 1. The molecule has 0 spiro atoms. The minimum atomic E-state index is -1.06. The molecule has 0 aliphatic heterocycles. The smallest absolute Gasteiger partial charge is 0.335 e. The standard InChI is InChI=1S/C13H11ClN2O3/c1-19-10-4-2-3-9(7-10)15-12-6-8(13(17)18)5-11(14)16-12/h2-7H,1H3,(H,15,16)(H,17,18). The number of hydrogen-bond acceptors (Lipinski definition) is 4. The zero-order valence-corrected chi connectivity index (χ0v) is 10.8. The molecule has 5 nitrogen and oxygen atoms in total. The average molecular weight is 279 g/mol. The van der Waals surface area contributed by atoms with Gasteiger partial charge in [-0.3, -0.25) is 0 Å². The third-order valence-electron chi connectivity index (χ3n) is 2.38. The summed E-state index contributed by atoms with van der Waals surface area (Å²) in [5, 5.41) is 12.0. The van der Waals surface area contributed by atoms with Gasteiger partial charge < -0.3 is 15.2 Å². The van der Waals surface area contributed by atoms with Gasteiger partial charge in [0.2, 0.25) is 0 Å². The number of rotatable bonds is 4. The minimum Gasteiger partial charge on any atom is -0.497 e. The molecule has 0 saturated heterocycles. The number of aromatic nitrogens is 1. The Morgan fingerprint density at radius 2 is 2.16 bits per heavy atom. The van der Waals surface area contributed by atoms with Gasteiger partial charge in [0.25, 0.3) is 0 Å². The Morgan fingerprint density at radius 3 is 2.84 bits per heavy atom. The summed E-state index contributed by atoms with van der Waals surface area (Å²) >= 11 is 5.78. The van der Waals surface area contributed by atoms with Crippen molar-refractivity contribution in [1.29, 1.82) is 0 Å². The maximum absolute atomic E-state index is 10.9. The number of pyridine rings is 1. The van der Waals surface area contributed by atoms with Gasteiger partial charge in [0.1, 0.15) is 16.7 Å². The third-order valence-corrected chi connectivity index (χ3v) is 2.58. The summed E-state index contributed by atoms with van der Waals surface area (Å²) in [6.07, 6.45) is 0. The number of benzene rings is 1. The highest BCUT2D eigenvalue weighted by Gasteiger charge is 2.08. The highest BCUT2D eigenvalue weighted by molar-refractivity contribution is 6.29. The van der Waals surface area contributed by atoms with E-state index in [0.717, 1.165) is 5.69 Å². The first-order chi connectivity index (χ1) is 9.08. The molecule has 19 heavy (non-hydrogen) atoms. The van der Waals surface area contributed by atoms with Crippen LogP contribution in [0.25, 0.3) is 0 Å². The number of ether oxygens (including phenoxy) is 1. The molecule has 0 fully saturated rings. The predicted molar refractivity (Wildman–Crippen MR) is 72.5 cm³/mol. The summed E-state index contributed by atoms with van der Waals surface area (Å²) in [5.74, 6) is -0.0124. The fourth-order valence-electron chi connectivity index (χ4n) is 1.53. The van der Waals surface area contributed by atoms with E-state index >= 15 is 0 Å². The van der Waals surface area contributed by atoms with Crippen molar-refractivity contribution in [1.82, 2.24) is 4.98 Å². The number of carboxylic acid groups (broad SMARTS) is 1. The Labute approximate surface area is 114 Å². The molecule has 0 bridgehead atoms. The molecule has 0 unspecified atom stereocenters. The van der Waals surface area contributed by atoms with E-state index in [1.165, 1.54) is 12.1 Å². The lowest BCUT2D eigenvalue weighted by Gasteiger charge is -2.08. The van der Waals surface area contributed by atoms with Crippen molar-refractivity contribution >= 4 is 29.1 Å². The largest absolute Gasteiger partial charge is 0.497 e. The van der Waals surface area contributed by atoms with Crippen molar-refractivity contribution in [2.24, 2.45) is 0 Å². The van der Waals surface area contributed by atoms with Crippen LogP contribution in [0.1, 0.15) is 10.4 Å². The fourth-order valence-corrected chi connectivity index (χ4v) is 1.74. The molecule has 0 saturated carbocycles. The van der Waals surface area contributed by atoms with Crippen LogP contribution in [0.2, 0.25) is 5.15 Å². The summed E-state index contributed by atoms with van der Waals surface area (Å²) in [6, 6.07) is 9.89. The lowest BCUT2D eigenvalue weighted by atomic mass is 10.2. The predicted octanol–water partition coefficient (Wildman–Crippen LogP) is 3.19. The van der Waals surface area contributed by atoms with Crippen molar-refractivity contribution in [3.05, 3.63) is 47.1 Å². The van der Waals surface area contributed by atoms with Crippen LogP contribution < -0.4 is 10.1 Å². The van der Waals surface area contributed by atoms with Gasteiger partial charge in [-0.15, -0.1) is 0 Å². The molecule has 6 heteroatoms. The highest BCUT2D eigenvalue weighted by atomic mass is 35.5. The van der Waals surface area contributed by atoms with E-state index in [9.17, 15) is 4.79 Å². The maximum Gasteiger partial charge on any atom is 0.335 e. The molecule has 0 aliphatic carbocycles. The molecule has 1 heterocycles. The van der Waals surface area contributed by atoms with Crippen molar-refractivity contribution in [2.45, 2.75) is 0 Å². The van der Waals surface area contributed by atoms with E-state index in [1.807, 2.05) is 12.1 Å². The van der Waals surface area contributed by atoms with E-state index in [4.69, 9.17) is 21.4 Å². The number of carboxylic acids is 1. The van der Waals surface area contributed by atoms with Gasteiger partial charge >= 0.3 is 5.97 Å². The van der Waals surface area contributed by atoms with E-state index < -0.39 is 5.97 Å². The molecule has 98 valence electrons. The molecule has 2 rings (SSSR count). The van der Waals surface area contributed by atoms with E-state index in [1.54, 1.807) is 19.2 Å². The summed E-state index contributed by atoms with van der Waals surface area (Å²) in [5.41, 5.74) is 0.802. The van der Waals surface area contributed by atoms with E-state index in [-0.39, 0.29) is 10.7 Å². The van der Waals surface area contributed by atoms with E-state index in [0.29, 0.717) is 11.6 Å². The van der Waals surface area contributed by atoms with Crippen molar-refractivity contribution in [3.8, 4) is 5.75 Å². The van der Waals surface area contributed by atoms with Gasteiger partial charge in [-0.1, -0.05) is 17.7 Å². The number of halogens is 1. The molecule has 2 aromatic rings. The Morgan fingerprint density at radius 1 is 1.37 bits per heavy atom. The number of nitrogens with one attached hydrogen (secondary N) is 1. The molecule has 2 N–H and O–H groups in total. The summed E-state index contributed by atoms with van der Waals surface area (Å²) in [7, 11) is 1.57. The zero-order chi connectivity index (χ0) is 13.8. The van der Waals surface area contributed by atoms with Gasteiger partial charge in [-0.2, -0.15) is 0 Å². The maximum atomic E-state index is 10.9. The second-order valence-corrected chi connectivity index (χ2v) is 4.11. The molecule has 0 aliphatic rings. The van der Waals surface area contributed by atoms with E-state index in [2.05, 4.69) is 10.3 Å². The van der Waals surface area contributed by atoms with Crippen LogP contribution in [0.15, 0.2) is 36.4 Å². The number of anilines is 2. The number of nitrogens with zero attached hydrogens (tertiary/aromatic N) is 1. The summed E-state index contributed by atoms with van der Waals surface area (Å²) < 4.78 is 5.10. The normalized spacial score (nSPS) is 10.0. The molecule has 1 aromatic heterocycles. The quantitative estimate of drug-likeness (QED) is 0.841. The van der Waals surface area contributed by atoms with Gasteiger partial charge in [0.05, 0.1) is 12.7 Å². The average Bonchev–Trinajstić information content (AvgIpc) is 2.38. The molecular weight excluding hydrogens is 268 g/mol. The zero-order valence-electron chi connectivity index (χ0n) is 10.1. The van der Waals surface area contributed by atoms with Crippen LogP contribution in [-0.2, 0) is 0 Å². The monoisotopic (exact) mass is 278 g/mol. The van der Waals surface area contributed by atoms with Gasteiger partial charge in [0, 0.05) is 11.8 Å². The van der Waals surface area contributed by atoms with Gasteiger partial charge in [-0.05, 0) is 24.3 Å². The second kappa shape index (κ2) is 5.58. The van der Waals surface area contributed by atoms with Crippen molar-refractivity contribution in [3.63, 3.8) is 0 Å². The Hall–Kier alpha value is -2.27. The topological polar surface area (TPSA) is 71.5 Å². The Kier molecular flexibility index (Phi) is 3.87. The first kappa shape index (κ1) is 13.2. The lowest BCUT2D eigenvalue weighted by Crippen LogP contribution is -2.00. The van der Waals surface area contributed by atoms with Crippen LogP contribution >= 0.6 is 11.6 Å². The molecular formula is C13H11ClN2O3. The highest BCUT2D eigenvalue weighted by Crippen LogP contribution is 2.22.